The molecule has 0 saturated carbocycles. The monoisotopic (exact) mass is 252 g/mol. The van der Waals surface area contributed by atoms with Crippen LogP contribution in [0, 0.1) is 0 Å². The largest absolute Gasteiger partial charge is 0.336 e. The van der Waals surface area contributed by atoms with Crippen LogP contribution in [0.25, 0.3) is 10.8 Å². The summed E-state index contributed by atoms with van der Waals surface area (Å²) in [5.41, 5.74) is 5.09. The third-order valence-corrected chi connectivity index (χ3v) is 3.45. The summed E-state index contributed by atoms with van der Waals surface area (Å²) >= 11 is 0. The maximum Gasteiger partial charge on any atom is 0.0946 e. The average Bonchev–Trinajstić information content (AvgIpc) is 2.86. The summed E-state index contributed by atoms with van der Waals surface area (Å²) in [7, 11) is 1.97. The van der Waals surface area contributed by atoms with E-state index in [-0.39, 0.29) is 6.04 Å². The summed E-state index contributed by atoms with van der Waals surface area (Å²) in [6.45, 7) is 0. The van der Waals surface area contributed by atoms with Crippen LogP contribution in [0.5, 0.6) is 0 Å². The van der Waals surface area contributed by atoms with Crippen molar-refractivity contribution in [1.82, 2.24) is 15.0 Å². The normalized spacial score (nSPS) is 12.7. The van der Waals surface area contributed by atoms with Crippen LogP contribution in [-0.2, 0) is 7.05 Å². The van der Waals surface area contributed by atoms with Crippen molar-refractivity contribution in [2.24, 2.45) is 12.9 Å². The minimum atomic E-state index is -0.0707. The van der Waals surface area contributed by atoms with Gasteiger partial charge in [-0.2, -0.15) is 0 Å². The molecule has 0 amide bonds. The van der Waals surface area contributed by atoms with Crippen LogP contribution in [0.2, 0.25) is 0 Å². The average molecular weight is 252 g/mol. The number of hydrogen-bond acceptors (Lipinski definition) is 3. The molecule has 2 aromatic carbocycles. The molecule has 0 spiro atoms. The van der Waals surface area contributed by atoms with Crippen LogP contribution >= 0.6 is 0 Å². The van der Waals surface area contributed by atoms with Crippen molar-refractivity contribution < 1.29 is 0 Å². The Labute approximate surface area is 111 Å². The molecule has 3 N–H and O–H groups in total. The minimum absolute atomic E-state index is 0.0707. The molecule has 0 bridgehead atoms. The van der Waals surface area contributed by atoms with Gasteiger partial charge in [0.15, 0.2) is 0 Å². The molecule has 96 valence electrons. The first-order chi connectivity index (χ1) is 9.31. The molecular formula is C15H16N4. The van der Waals surface area contributed by atoms with Crippen molar-refractivity contribution in [3.05, 3.63) is 66.2 Å². The summed E-state index contributed by atoms with van der Waals surface area (Å²) < 4.78 is 1.98. The minimum Gasteiger partial charge on any atom is -0.336 e. The van der Waals surface area contributed by atoms with E-state index in [9.17, 15) is 0 Å². The summed E-state index contributed by atoms with van der Waals surface area (Å²) in [4.78, 5) is 4.16. The van der Waals surface area contributed by atoms with E-state index in [1.807, 2.05) is 29.9 Å². The third-order valence-electron chi connectivity index (χ3n) is 3.45. The van der Waals surface area contributed by atoms with Crippen LogP contribution in [0.1, 0.15) is 17.3 Å². The van der Waals surface area contributed by atoms with Gasteiger partial charge < -0.3 is 4.57 Å². The number of hydrazine groups is 1. The summed E-state index contributed by atoms with van der Waals surface area (Å²) in [6, 6.07) is 14.5. The second-order valence-corrected chi connectivity index (χ2v) is 4.60. The molecule has 1 heterocycles. The van der Waals surface area contributed by atoms with Gasteiger partial charge in [-0.1, -0.05) is 42.5 Å². The quantitative estimate of drug-likeness (QED) is 0.554. The predicted molar refractivity (Wildman–Crippen MR) is 76.3 cm³/mol. The lowest BCUT2D eigenvalue weighted by Gasteiger charge is -2.18. The Kier molecular flexibility index (Phi) is 3.03. The Morgan fingerprint density at radius 3 is 2.68 bits per heavy atom. The van der Waals surface area contributed by atoms with E-state index >= 15 is 0 Å². The number of nitrogens with two attached hydrogens (primary N) is 1. The molecule has 19 heavy (non-hydrogen) atoms. The fourth-order valence-electron chi connectivity index (χ4n) is 2.48. The molecule has 4 heteroatoms. The van der Waals surface area contributed by atoms with Crippen LogP contribution in [0.4, 0.5) is 0 Å². The van der Waals surface area contributed by atoms with Gasteiger partial charge in [-0.15, -0.1) is 0 Å². The lowest BCUT2D eigenvalue weighted by molar-refractivity contribution is 0.600. The molecule has 3 aromatic rings. The first kappa shape index (κ1) is 11.9. The van der Waals surface area contributed by atoms with Gasteiger partial charge in [-0.3, -0.25) is 5.84 Å². The van der Waals surface area contributed by atoms with E-state index in [1.54, 1.807) is 6.33 Å². The van der Waals surface area contributed by atoms with Gasteiger partial charge in [0.25, 0.3) is 0 Å². The van der Waals surface area contributed by atoms with E-state index in [0.29, 0.717) is 0 Å². The highest BCUT2D eigenvalue weighted by Gasteiger charge is 2.17. The Balaban J connectivity index is 2.20. The lowest BCUT2D eigenvalue weighted by atomic mass is 9.97. The number of benzene rings is 2. The van der Waals surface area contributed by atoms with Gasteiger partial charge in [-0.25, -0.2) is 10.4 Å². The summed E-state index contributed by atoms with van der Waals surface area (Å²) in [5, 5.41) is 2.41. The molecule has 3 rings (SSSR count). The Morgan fingerprint density at radius 1 is 1.16 bits per heavy atom. The second kappa shape index (κ2) is 4.84. The van der Waals surface area contributed by atoms with Gasteiger partial charge in [0, 0.05) is 7.05 Å². The van der Waals surface area contributed by atoms with Crippen molar-refractivity contribution in [1.29, 1.82) is 0 Å². The van der Waals surface area contributed by atoms with Gasteiger partial charge in [-0.05, 0) is 16.3 Å². The number of rotatable bonds is 3. The zero-order valence-corrected chi connectivity index (χ0v) is 10.7. The highest BCUT2D eigenvalue weighted by atomic mass is 15.2. The van der Waals surface area contributed by atoms with Crippen molar-refractivity contribution in [2.45, 2.75) is 6.04 Å². The Hall–Kier alpha value is -2.17. The molecule has 1 atom stereocenters. The highest BCUT2D eigenvalue weighted by molar-refractivity contribution is 5.86. The van der Waals surface area contributed by atoms with Crippen LogP contribution in [-0.4, -0.2) is 9.55 Å². The molecule has 1 aromatic heterocycles. The number of nitrogens with one attached hydrogen (secondary N) is 1. The van der Waals surface area contributed by atoms with E-state index in [2.05, 4.69) is 40.7 Å². The number of aromatic nitrogens is 2. The fourth-order valence-corrected chi connectivity index (χ4v) is 2.48. The third kappa shape index (κ3) is 2.01. The maximum absolute atomic E-state index is 5.76. The molecule has 0 aliphatic rings. The van der Waals surface area contributed by atoms with E-state index in [0.717, 1.165) is 11.3 Å². The molecule has 4 nitrogen and oxygen atoms in total. The molecule has 0 radical (unpaired) electrons. The zero-order chi connectivity index (χ0) is 13.2. The van der Waals surface area contributed by atoms with Crippen molar-refractivity contribution in [3.63, 3.8) is 0 Å². The van der Waals surface area contributed by atoms with Gasteiger partial charge in [0.05, 0.1) is 24.3 Å². The van der Waals surface area contributed by atoms with Crippen molar-refractivity contribution >= 4 is 10.8 Å². The topological polar surface area (TPSA) is 55.9 Å². The van der Waals surface area contributed by atoms with Gasteiger partial charge in [0.1, 0.15) is 0 Å². The molecular weight excluding hydrogens is 236 g/mol. The first-order valence-corrected chi connectivity index (χ1v) is 6.21. The predicted octanol–water partition coefficient (Wildman–Crippen LogP) is 2.13. The smallest absolute Gasteiger partial charge is 0.0946 e. The summed E-state index contributed by atoms with van der Waals surface area (Å²) in [5.74, 6) is 5.76. The molecule has 0 aliphatic carbocycles. The number of nitrogens with zero attached hydrogens (tertiary/aromatic N) is 2. The van der Waals surface area contributed by atoms with Crippen LogP contribution in [0.3, 0.4) is 0 Å². The van der Waals surface area contributed by atoms with Gasteiger partial charge in [0.2, 0.25) is 0 Å². The zero-order valence-electron chi connectivity index (χ0n) is 10.7. The number of imidazole rings is 1. The van der Waals surface area contributed by atoms with E-state index in [1.165, 1.54) is 10.8 Å². The molecule has 1 unspecified atom stereocenters. The van der Waals surface area contributed by atoms with Crippen LogP contribution < -0.4 is 11.3 Å². The lowest BCUT2D eigenvalue weighted by Crippen LogP contribution is -2.30. The molecule has 0 saturated heterocycles. The van der Waals surface area contributed by atoms with E-state index in [4.69, 9.17) is 5.84 Å². The first-order valence-electron chi connectivity index (χ1n) is 6.21. The molecule has 0 fully saturated rings. The number of hydrogen-bond donors (Lipinski definition) is 2. The number of fused-ring (bicyclic) bond motifs is 1. The van der Waals surface area contributed by atoms with Crippen molar-refractivity contribution in [2.75, 3.05) is 0 Å². The van der Waals surface area contributed by atoms with Crippen LogP contribution in [0.15, 0.2) is 55.0 Å². The fraction of sp³-hybridized carbons (Fsp3) is 0.133. The SMILES string of the molecule is Cn1cncc1C(NN)c1cccc2ccccc12. The Bertz CT molecular complexity index is 697. The second-order valence-electron chi connectivity index (χ2n) is 4.60. The van der Waals surface area contributed by atoms with Crippen molar-refractivity contribution in [3.8, 4) is 0 Å². The summed E-state index contributed by atoms with van der Waals surface area (Å²) in [6.07, 6.45) is 3.62. The molecule has 0 aliphatic heterocycles. The van der Waals surface area contributed by atoms with E-state index < -0.39 is 0 Å². The maximum atomic E-state index is 5.76. The Morgan fingerprint density at radius 2 is 1.95 bits per heavy atom. The van der Waals surface area contributed by atoms with Gasteiger partial charge >= 0.3 is 0 Å². The standard InChI is InChI=1S/C15H16N4/c1-19-10-17-9-14(19)15(18-16)13-8-4-6-11-5-2-3-7-12(11)13/h2-10,15,18H,16H2,1H3. The number of aryl methyl sites for hydroxylation is 1. The highest BCUT2D eigenvalue weighted by Crippen LogP contribution is 2.27.